The van der Waals surface area contributed by atoms with Gasteiger partial charge in [0.2, 0.25) is 0 Å². The van der Waals surface area contributed by atoms with Crippen LogP contribution in [0.1, 0.15) is 0 Å². The number of H-pyrrole nitrogens is 1. The fourth-order valence-corrected chi connectivity index (χ4v) is 3.89. The molecular formula is C18H11N3OS. The van der Waals surface area contributed by atoms with Crippen molar-refractivity contribution in [2.24, 2.45) is 0 Å². The summed E-state index contributed by atoms with van der Waals surface area (Å²) in [5.74, 6) is 0.142. The highest BCUT2D eigenvalue weighted by Gasteiger charge is 2.18. The minimum absolute atomic E-state index is 0.142. The van der Waals surface area contributed by atoms with Crippen LogP contribution in [0.4, 0.5) is 0 Å². The van der Waals surface area contributed by atoms with Gasteiger partial charge in [-0.15, -0.1) is 11.3 Å². The van der Waals surface area contributed by atoms with E-state index in [0.717, 1.165) is 43.3 Å². The summed E-state index contributed by atoms with van der Waals surface area (Å²) in [6.07, 6.45) is 0. The summed E-state index contributed by atoms with van der Waals surface area (Å²) in [7, 11) is 0. The van der Waals surface area contributed by atoms with Crippen molar-refractivity contribution in [2.75, 3.05) is 0 Å². The van der Waals surface area contributed by atoms with E-state index in [1.54, 1.807) is 11.3 Å². The maximum atomic E-state index is 10.4. The molecule has 23 heavy (non-hydrogen) atoms. The number of aromatic hydroxyl groups is 1. The lowest BCUT2D eigenvalue weighted by molar-refractivity contribution is 0.460. The number of pyridine rings is 1. The lowest BCUT2D eigenvalue weighted by Gasteiger charge is -2.03. The van der Waals surface area contributed by atoms with Crippen molar-refractivity contribution < 1.29 is 5.11 Å². The summed E-state index contributed by atoms with van der Waals surface area (Å²) in [6.45, 7) is 0. The number of nitrogens with one attached hydrogen (secondary N) is 1. The van der Waals surface area contributed by atoms with Gasteiger partial charge >= 0.3 is 0 Å². The lowest BCUT2D eigenvalue weighted by Crippen LogP contribution is -1.85. The number of rotatable bonds is 1. The van der Waals surface area contributed by atoms with Crippen LogP contribution >= 0.6 is 11.3 Å². The molecule has 0 atom stereocenters. The predicted octanol–water partition coefficient (Wildman–Crippen LogP) is 4.70. The van der Waals surface area contributed by atoms with E-state index in [4.69, 9.17) is 4.98 Å². The third kappa shape index (κ3) is 1.77. The summed E-state index contributed by atoms with van der Waals surface area (Å²) < 4.78 is 1.06. The third-order valence-electron chi connectivity index (χ3n) is 4.09. The second kappa shape index (κ2) is 4.54. The quantitative estimate of drug-likeness (QED) is 0.471. The van der Waals surface area contributed by atoms with E-state index in [1.807, 2.05) is 54.0 Å². The normalized spacial score (nSPS) is 11.7. The molecule has 0 fully saturated rings. The molecule has 0 aliphatic rings. The Morgan fingerprint density at radius 3 is 2.83 bits per heavy atom. The first-order valence-corrected chi connectivity index (χ1v) is 8.12. The van der Waals surface area contributed by atoms with Gasteiger partial charge < -0.3 is 10.1 Å². The summed E-state index contributed by atoms with van der Waals surface area (Å²) in [6, 6.07) is 15.9. The molecule has 0 radical (unpaired) electrons. The highest BCUT2D eigenvalue weighted by molar-refractivity contribution is 7.17. The largest absolute Gasteiger partial charge is 0.494 e. The Kier molecular flexibility index (Phi) is 2.49. The van der Waals surface area contributed by atoms with Gasteiger partial charge in [-0.1, -0.05) is 24.3 Å². The molecule has 110 valence electrons. The first-order chi connectivity index (χ1) is 11.3. The van der Waals surface area contributed by atoms with Crippen LogP contribution in [0.2, 0.25) is 0 Å². The van der Waals surface area contributed by atoms with Gasteiger partial charge in [-0.3, -0.25) is 0 Å². The Bertz CT molecular complexity index is 1190. The number of aromatic nitrogens is 3. The molecule has 0 bridgehead atoms. The number of hydrogen-bond acceptors (Lipinski definition) is 4. The van der Waals surface area contributed by atoms with Gasteiger partial charge in [-0.25, -0.2) is 9.97 Å². The van der Waals surface area contributed by atoms with Crippen LogP contribution < -0.4 is 0 Å². The molecule has 0 unspecified atom stereocenters. The smallest absolute Gasteiger partial charge is 0.199 e. The van der Waals surface area contributed by atoms with Crippen LogP contribution in [0, 0.1) is 0 Å². The number of aromatic amines is 1. The van der Waals surface area contributed by atoms with Crippen LogP contribution in [-0.4, -0.2) is 20.1 Å². The van der Waals surface area contributed by atoms with Gasteiger partial charge in [0.05, 0.1) is 38.0 Å². The van der Waals surface area contributed by atoms with Gasteiger partial charge in [0.15, 0.2) is 5.88 Å². The van der Waals surface area contributed by atoms with E-state index in [2.05, 4.69) is 9.97 Å². The van der Waals surface area contributed by atoms with Gasteiger partial charge in [-0.2, -0.15) is 0 Å². The standard InChI is InChI=1S/C18H11N3OS/c22-18-16(13-6-5-10-3-1-2-4-11(10)20-13)15-12(21-18)7-8-14-17(15)23-9-19-14/h1-9,21-22H. The van der Waals surface area contributed by atoms with Crippen LogP contribution in [0.5, 0.6) is 5.88 Å². The maximum Gasteiger partial charge on any atom is 0.199 e. The molecule has 0 spiro atoms. The number of para-hydroxylation sites is 1. The zero-order chi connectivity index (χ0) is 15.4. The van der Waals surface area contributed by atoms with Crippen LogP contribution in [0.25, 0.3) is 43.3 Å². The van der Waals surface area contributed by atoms with Crippen molar-refractivity contribution in [3.05, 3.63) is 54.0 Å². The van der Waals surface area contributed by atoms with Crippen LogP contribution in [0.3, 0.4) is 0 Å². The minimum atomic E-state index is 0.142. The minimum Gasteiger partial charge on any atom is -0.494 e. The zero-order valence-electron chi connectivity index (χ0n) is 11.9. The Hall–Kier alpha value is -2.92. The van der Waals surface area contributed by atoms with Crippen molar-refractivity contribution in [3.8, 4) is 17.1 Å². The molecule has 0 aliphatic heterocycles. The SMILES string of the molecule is Oc1[nH]c2ccc3ncsc3c2c1-c1ccc2ccccc2n1. The second-order valence-electron chi connectivity index (χ2n) is 5.43. The molecule has 4 nitrogen and oxygen atoms in total. The van der Waals surface area contributed by atoms with Crippen LogP contribution in [0.15, 0.2) is 54.0 Å². The summed E-state index contributed by atoms with van der Waals surface area (Å²) in [5.41, 5.74) is 6.06. The average Bonchev–Trinajstić information content (AvgIpc) is 3.17. The Morgan fingerprint density at radius 2 is 1.87 bits per heavy atom. The Balaban J connectivity index is 1.90. The zero-order valence-corrected chi connectivity index (χ0v) is 12.8. The first-order valence-electron chi connectivity index (χ1n) is 7.24. The summed E-state index contributed by atoms with van der Waals surface area (Å²) >= 11 is 1.57. The number of benzene rings is 2. The molecule has 2 N–H and O–H groups in total. The van der Waals surface area contributed by atoms with E-state index in [-0.39, 0.29) is 5.88 Å². The molecule has 0 saturated heterocycles. The van der Waals surface area contributed by atoms with Gasteiger partial charge in [-0.05, 0) is 24.3 Å². The Labute approximate surface area is 135 Å². The second-order valence-corrected chi connectivity index (χ2v) is 6.28. The summed E-state index contributed by atoms with van der Waals surface area (Å²) in [5, 5.41) is 12.5. The van der Waals surface area contributed by atoms with Crippen LogP contribution in [-0.2, 0) is 0 Å². The van der Waals surface area contributed by atoms with Crippen molar-refractivity contribution in [3.63, 3.8) is 0 Å². The molecule has 2 aromatic carbocycles. The van der Waals surface area contributed by atoms with E-state index < -0.39 is 0 Å². The molecule has 3 heterocycles. The molecule has 0 aliphatic carbocycles. The number of nitrogens with zero attached hydrogens (tertiary/aromatic N) is 2. The van der Waals surface area contributed by atoms with Gasteiger partial charge in [0, 0.05) is 10.8 Å². The first kappa shape index (κ1) is 12.6. The number of fused-ring (bicyclic) bond motifs is 4. The Morgan fingerprint density at radius 1 is 0.957 bits per heavy atom. The van der Waals surface area contributed by atoms with E-state index in [1.165, 1.54) is 0 Å². The number of thiazole rings is 1. The van der Waals surface area contributed by atoms with Crippen molar-refractivity contribution in [1.82, 2.24) is 15.0 Å². The van der Waals surface area contributed by atoms with E-state index in [9.17, 15) is 5.11 Å². The molecule has 5 heteroatoms. The molecule has 5 rings (SSSR count). The van der Waals surface area contributed by atoms with Crippen molar-refractivity contribution >= 4 is 43.4 Å². The maximum absolute atomic E-state index is 10.4. The molecule has 5 aromatic rings. The fraction of sp³-hybridized carbons (Fsp3) is 0. The lowest BCUT2D eigenvalue weighted by atomic mass is 10.1. The highest BCUT2D eigenvalue weighted by atomic mass is 32.1. The van der Waals surface area contributed by atoms with Gasteiger partial charge in [0.1, 0.15) is 0 Å². The monoisotopic (exact) mass is 317 g/mol. The van der Waals surface area contributed by atoms with Gasteiger partial charge in [0.25, 0.3) is 0 Å². The fourth-order valence-electron chi connectivity index (χ4n) is 3.04. The molecule has 3 aromatic heterocycles. The summed E-state index contributed by atoms with van der Waals surface area (Å²) in [4.78, 5) is 12.1. The number of hydrogen-bond donors (Lipinski definition) is 2. The highest BCUT2D eigenvalue weighted by Crippen LogP contribution is 2.41. The van der Waals surface area contributed by atoms with E-state index >= 15 is 0 Å². The average molecular weight is 317 g/mol. The van der Waals surface area contributed by atoms with Crippen molar-refractivity contribution in [2.45, 2.75) is 0 Å². The topological polar surface area (TPSA) is 61.8 Å². The molecule has 0 saturated carbocycles. The van der Waals surface area contributed by atoms with E-state index in [0.29, 0.717) is 0 Å². The molecular weight excluding hydrogens is 306 g/mol. The third-order valence-corrected chi connectivity index (χ3v) is 4.95. The predicted molar refractivity (Wildman–Crippen MR) is 93.9 cm³/mol. The van der Waals surface area contributed by atoms with Crippen molar-refractivity contribution in [1.29, 1.82) is 0 Å². The molecule has 0 amide bonds.